The molecule has 0 aromatic rings. The second-order valence-electron chi connectivity index (χ2n) is 0.500. The van der Waals surface area contributed by atoms with Crippen LogP contribution in [0.5, 0.6) is 0 Å². The van der Waals surface area contributed by atoms with Gasteiger partial charge < -0.3 is 6.92 Å². The molecule has 1 heteroatoms. The van der Waals surface area contributed by atoms with Gasteiger partial charge >= 0.3 is 0 Å². The van der Waals surface area contributed by atoms with E-state index in [0.717, 1.165) is 6.42 Å². The third-order valence-corrected chi connectivity index (χ3v) is 0. The van der Waals surface area contributed by atoms with E-state index >= 15 is 0 Å². The van der Waals surface area contributed by atoms with Gasteiger partial charge in [-0.15, -0.1) is 0 Å². The fourth-order valence-corrected chi connectivity index (χ4v) is 0. The van der Waals surface area contributed by atoms with E-state index in [9.17, 15) is 0 Å². The summed E-state index contributed by atoms with van der Waals surface area (Å²) in [4.78, 5) is 0. The summed E-state index contributed by atoms with van der Waals surface area (Å²) < 4.78 is 0. The van der Waals surface area contributed by atoms with E-state index in [4.69, 9.17) is 0 Å². The molecule has 0 aromatic carbocycles. The minimum Gasteiger partial charge on any atom is -0.344 e. The summed E-state index contributed by atoms with van der Waals surface area (Å²) >= 11 is 0. The van der Waals surface area contributed by atoms with Crippen LogP contribution in [0.15, 0.2) is 0 Å². The van der Waals surface area contributed by atoms with E-state index in [0.29, 0.717) is 0 Å². The van der Waals surface area contributed by atoms with Crippen molar-refractivity contribution in [1.29, 1.82) is 0 Å². The molecular weight excluding hydrogens is 142 g/mol. The molecule has 0 atom stereocenters. The van der Waals surface area contributed by atoms with Crippen molar-refractivity contribution in [2.45, 2.75) is 13.3 Å². The third kappa shape index (κ3) is 16.8. The molecule has 0 bridgehead atoms. The molecule has 0 rings (SSSR count). The first-order valence-corrected chi connectivity index (χ1v) is 1.21. The number of hydrogen-bond acceptors (Lipinski definition) is 0. The van der Waals surface area contributed by atoms with Crippen LogP contribution in [-0.4, -0.2) is 0 Å². The van der Waals surface area contributed by atoms with Gasteiger partial charge in [-0.2, -0.15) is 6.42 Å². The Kier molecular flexibility index (Phi) is 20.7. The van der Waals surface area contributed by atoms with Gasteiger partial charge in [-0.05, 0) is 0 Å². The summed E-state index contributed by atoms with van der Waals surface area (Å²) in [5.74, 6) is 0. The summed E-state index contributed by atoms with van der Waals surface area (Å²) in [6.07, 6.45) is 1.00. The Bertz CT molecular complexity index is 3.25. The molecule has 0 amide bonds. The number of hydrogen-bond donors (Lipinski definition) is 0. The molecular formula is C3H7Pd-. The normalized spacial score (nSPS) is 4.50. The van der Waals surface area contributed by atoms with Crippen LogP contribution < -0.4 is 0 Å². The molecule has 0 nitrogen and oxygen atoms in total. The molecule has 4 heavy (non-hydrogen) atoms. The van der Waals surface area contributed by atoms with Crippen LogP contribution in [0.4, 0.5) is 0 Å². The quantitative estimate of drug-likeness (QED) is 0.359. The molecule has 0 aliphatic carbocycles. The van der Waals surface area contributed by atoms with Gasteiger partial charge in [-0.3, -0.25) is 0 Å². The number of rotatable bonds is 0. The molecule has 0 saturated carbocycles. The average molecular weight is 150 g/mol. The van der Waals surface area contributed by atoms with E-state index in [2.05, 4.69) is 6.92 Å². The third-order valence-electron chi connectivity index (χ3n) is 0. The van der Waals surface area contributed by atoms with Crippen molar-refractivity contribution in [1.82, 2.24) is 0 Å². The van der Waals surface area contributed by atoms with Gasteiger partial charge in [-0.25, -0.2) is 0 Å². The Morgan fingerprint density at radius 2 is 1.75 bits per heavy atom. The van der Waals surface area contributed by atoms with Crippen LogP contribution in [0.25, 0.3) is 0 Å². The smallest absolute Gasteiger partial charge is 0 e. The van der Waals surface area contributed by atoms with Gasteiger partial charge in [-0.1, -0.05) is 6.92 Å². The molecule has 0 heterocycles. The van der Waals surface area contributed by atoms with Crippen molar-refractivity contribution in [2.75, 3.05) is 0 Å². The Morgan fingerprint density at radius 1 is 1.75 bits per heavy atom. The van der Waals surface area contributed by atoms with E-state index in [1.165, 1.54) is 0 Å². The van der Waals surface area contributed by atoms with Crippen molar-refractivity contribution in [3.05, 3.63) is 6.92 Å². The molecule has 0 N–H and O–H groups in total. The Labute approximate surface area is 41.2 Å². The maximum absolute atomic E-state index is 3.49. The zero-order valence-electron chi connectivity index (χ0n) is 2.73. The topological polar surface area (TPSA) is 0 Å². The van der Waals surface area contributed by atoms with Gasteiger partial charge in [0.25, 0.3) is 0 Å². The fraction of sp³-hybridized carbons (Fsp3) is 0.667. The van der Waals surface area contributed by atoms with Gasteiger partial charge in [0.15, 0.2) is 0 Å². The second kappa shape index (κ2) is 9.39. The molecule has 0 unspecified atom stereocenters. The van der Waals surface area contributed by atoms with Crippen molar-refractivity contribution in [2.24, 2.45) is 0 Å². The first-order valence-electron chi connectivity index (χ1n) is 1.21. The predicted octanol–water partition coefficient (Wildman–Crippen LogP) is 1.23. The molecule has 0 radical (unpaired) electrons. The minimum absolute atomic E-state index is 0. The van der Waals surface area contributed by atoms with Crippen LogP contribution in [0.1, 0.15) is 13.3 Å². The monoisotopic (exact) mass is 149 g/mol. The van der Waals surface area contributed by atoms with Gasteiger partial charge in [0.2, 0.25) is 0 Å². The van der Waals surface area contributed by atoms with Gasteiger partial charge in [0, 0.05) is 20.4 Å². The minimum atomic E-state index is 0. The molecule has 0 aliphatic rings. The molecule has 0 fully saturated rings. The zero-order chi connectivity index (χ0) is 2.71. The maximum atomic E-state index is 3.49. The van der Waals surface area contributed by atoms with Gasteiger partial charge in [0.1, 0.15) is 0 Å². The van der Waals surface area contributed by atoms with Crippen LogP contribution in [-0.2, 0) is 20.4 Å². The first kappa shape index (κ1) is 8.82. The summed E-state index contributed by atoms with van der Waals surface area (Å²) in [5, 5.41) is 0. The van der Waals surface area contributed by atoms with Gasteiger partial charge in [0.05, 0.1) is 0 Å². The van der Waals surface area contributed by atoms with E-state index < -0.39 is 0 Å². The molecule has 0 aromatic heterocycles. The van der Waals surface area contributed by atoms with Crippen molar-refractivity contribution in [3.63, 3.8) is 0 Å². The SMILES string of the molecule is [CH2-]CC.[Pd]. The summed E-state index contributed by atoms with van der Waals surface area (Å²) in [6.45, 7) is 5.50. The Hall–Kier alpha value is 0.662. The predicted molar refractivity (Wildman–Crippen MR) is 15.6 cm³/mol. The van der Waals surface area contributed by atoms with Crippen molar-refractivity contribution < 1.29 is 20.4 Å². The summed E-state index contributed by atoms with van der Waals surface area (Å²) in [6, 6.07) is 0. The first-order chi connectivity index (χ1) is 1.41. The van der Waals surface area contributed by atoms with Crippen LogP contribution in [0.3, 0.4) is 0 Å². The Balaban J connectivity index is 0. The summed E-state index contributed by atoms with van der Waals surface area (Å²) in [5.41, 5.74) is 0. The van der Waals surface area contributed by atoms with Crippen molar-refractivity contribution >= 4 is 0 Å². The van der Waals surface area contributed by atoms with E-state index in [1.807, 2.05) is 6.92 Å². The molecule has 0 saturated heterocycles. The average Bonchev–Trinajstić information content (AvgIpc) is 0.918. The van der Waals surface area contributed by atoms with Crippen LogP contribution >= 0.6 is 0 Å². The van der Waals surface area contributed by atoms with E-state index in [1.54, 1.807) is 0 Å². The Morgan fingerprint density at radius 3 is 1.75 bits per heavy atom. The van der Waals surface area contributed by atoms with E-state index in [-0.39, 0.29) is 20.4 Å². The fourth-order valence-electron chi connectivity index (χ4n) is 0. The summed E-state index contributed by atoms with van der Waals surface area (Å²) in [7, 11) is 0. The standard InChI is InChI=1S/C3H7.Pd/c1-3-2;/h1,3H2,2H3;/q-1;. The maximum Gasteiger partial charge on any atom is 0 e. The molecule has 0 spiro atoms. The zero-order valence-corrected chi connectivity index (χ0v) is 4.29. The van der Waals surface area contributed by atoms with Crippen molar-refractivity contribution in [3.8, 4) is 0 Å². The molecule has 0 aliphatic heterocycles. The van der Waals surface area contributed by atoms with Crippen LogP contribution in [0, 0.1) is 6.92 Å². The second-order valence-corrected chi connectivity index (χ2v) is 0.500. The van der Waals surface area contributed by atoms with Crippen LogP contribution in [0.2, 0.25) is 0 Å². The largest absolute Gasteiger partial charge is 0.344 e. The molecule has 30 valence electrons.